The van der Waals surface area contributed by atoms with E-state index in [9.17, 15) is 5.11 Å². The van der Waals surface area contributed by atoms with Gasteiger partial charge >= 0.3 is 0 Å². The highest BCUT2D eigenvalue weighted by Crippen LogP contribution is 2.30. The molecule has 0 fully saturated rings. The van der Waals surface area contributed by atoms with Gasteiger partial charge < -0.3 is 5.11 Å². The number of allylic oxidation sites excluding steroid dienone is 1. The lowest BCUT2D eigenvalue weighted by molar-refractivity contribution is 0.514. The van der Waals surface area contributed by atoms with Crippen molar-refractivity contribution in [2.45, 2.75) is 0 Å². The smallest absolute Gasteiger partial charge is 0.143 e. The molecule has 0 atom stereocenters. The van der Waals surface area contributed by atoms with E-state index in [0.29, 0.717) is 10.6 Å². The maximum atomic E-state index is 10.1. The summed E-state index contributed by atoms with van der Waals surface area (Å²) in [5.41, 5.74) is 0.715. The van der Waals surface area contributed by atoms with Gasteiger partial charge in [-0.3, -0.25) is 0 Å². The van der Waals surface area contributed by atoms with Gasteiger partial charge in [0.1, 0.15) is 17.4 Å². The molecule has 0 saturated carbocycles. The third-order valence-electron chi connectivity index (χ3n) is 2.25. The fourth-order valence-corrected chi connectivity index (χ4v) is 2.38. The van der Waals surface area contributed by atoms with Crippen LogP contribution < -0.4 is 0 Å². The molecule has 2 nitrogen and oxygen atoms in total. The van der Waals surface area contributed by atoms with E-state index in [1.165, 1.54) is 11.3 Å². The topological polar surface area (TPSA) is 44.0 Å². The number of halogens is 1. The minimum atomic E-state index is -0.0828. The largest absolute Gasteiger partial charge is 0.506 e. The van der Waals surface area contributed by atoms with Crippen molar-refractivity contribution >= 4 is 34.3 Å². The third-order valence-corrected chi connectivity index (χ3v) is 3.46. The molecular formula is C13H8ClNOS. The summed E-state index contributed by atoms with van der Waals surface area (Å²) in [4.78, 5) is 0.727. The van der Waals surface area contributed by atoms with E-state index in [1.54, 1.807) is 30.3 Å². The molecule has 1 heterocycles. The van der Waals surface area contributed by atoms with Gasteiger partial charge in [0.2, 0.25) is 0 Å². The lowest BCUT2D eigenvalue weighted by Crippen LogP contribution is -1.89. The van der Waals surface area contributed by atoms with Crippen LogP contribution in [0.15, 0.2) is 41.8 Å². The second-order valence-corrected chi connectivity index (χ2v) is 4.65. The van der Waals surface area contributed by atoms with Gasteiger partial charge in [-0.25, -0.2) is 0 Å². The zero-order chi connectivity index (χ0) is 12.3. The second-order valence-electron chi connectivity index (χ2n) is 3.29. The van der Waals surface area contributed by atoms with Crippen LogP contribution in [0, 0.1) is 11.3 Å². The monoisotopic (exact) mass is 261 g/mol. The summed E-state index contributed by atoms with van der Waals surface area (Å²) >= 11 is 7.38. The number of hydrogen-bond acceptors (Lipinski definition) is 3. The van der Waals surface area contributed by atoms with E-state index in [-0.39, 0.29) is 11.3 Å². The van der Waals surface area contributed by atoms with Crippen LogP contribution in [-0.4, -0.2) is 5.11 Å². The van der Waals surface area contributed by atoms with E-state index in [0.717, 1.165) is 4.88 Å². The first-order valence-electron chi connectivity index (χ1n) is 4.86. The normalized spacial score (nSPS) is 11.8. The molecule has 17 heavy (non-hydrogen) atoms. The van der Waals surface area contributed by atoms with Crippen LogP contribution in [0.4, 0.5) is 0 Å². The Balaban J connectivity index is 2.58. The summed E-state index contributed by atoms with van der Waals surface area (Å²) in [5.74, 6) is -0.0828. The molecule has 0 radical (unpaired) electrons. The van der Waals surface area contributed by atoms with Gasteiger partial charge in [0.15, 0.2) is 0 Å². The van der Waals surface area contributed by atoms with Crippen molar-refractivity contribution in [3.05, 3.63) is 57.2 Å². The summed E-state index contributed by atoms with van der Waals surface area (Å²) in [7, 11) is 0. The molecule has 1 aromatic heterocycles. The quantitative estimate of drug-likeness (QED) is 0.645. The number of nitriles is 1. The summed E-state index contributed by atoms with van der Waals surface area (Å²) in [5, 5.41) is 21.5. The molecule has 1 aromatic carbocycles. The van der Waals surface area contributed by atoms with E-state index < -0.39 is 0 Å². The van der Waals surface area contributed by atoms with Gasteiger partial charge in [-0.15, -0.1) is 11.3 Å². The SMILES string of the molecule is N#CC(=C(O)c1ccccc1Cl)c1cccs1. The predicted octanol–water partition coefficient (Wildman–Crippen LogP) is 4.35. The molecule has 0 spiro atoms. The summed E-state index contributed by atoms with van der Waals surface area (Å²) < 4.78 is 0. The van der Waals surface area contributed by atoms with Gasteiger partial charge in [-0.05, 0) is 23.6 Å². The number of thiophene rings is 1. The molecule has 1 N–H and O–H groups in total. The Bertz CT molecular complexity index is 596. The maximum Gasteiger partial charge on any atom is 0.143 e. The molecule has 0 aliphatic heterocycles. The minimum absolute atomic E-state index is 0.0828. The number of aliphatic hydroxyl groups excluding tert-OH is 1. The fourth-order valence-electron chi connectivity index (χ4n) is 1.43. The lowest BCUT2D eigenvalue weighted by atomic mass is 10.1. The van der Waals surface area contributed by atoms with Crippen molar-refractivity contribution in [1.82, 2.24) is 0 Å². The maximum absolute atomic E-state index is 10.1. The molecular weight excluding hydrogens is 254 g/mol. The molecule has 0 saturated heterocycles. The van der Waals surface area contributed by atoms with Crippen molar-refractivity contribution in [1.29, 1.82) is 5.26 Å². The van der Waals surface area contributed by atoms with Crippen LogP contribution in [0.5, 0.6) is 0 Å². The molecule has 2 aromatic rings. The average Bonchev–Trinajstić information content (AvgIpc) is 2.84. The zero-order valence-electron chi connectivity index (χ0n) is 8.72. The van der Waals surface area contributed by atoms with Crippen molar-refractivity contribution < 1.29 is 5.11 Å². The Labute approximate surface area is 108 Å². The molecule has 0 amide bonds. The van der Waals surface area contributed by atoms with Gasteiger partial charge in [0.05, 0.1) is 5.02 Å². The van der Waals surface area contributed by atoms with Crippen LogP contribution in [0.25, 0.3) is 11.3 Å². The van der Waals surface area contributed by atoms with Gasteiger partial charge in [0.25, 0.3) is 0 Å². The van der Waals surface area contributed by atoms with Gasteiger partial charge in [0, 0.05) is 10.4 Å². The van der Waals surface area contributed by atoms with E-state index in [2.05, 4.69) is 0 Å². The van der Waals surface area contributed by atoms with Gasteiger partial charge in [-0.1, -0.05) is 29.8 Å². The summed E-state index contributed by atoms with van der Waals surface area (Å²) in [6, 6.07) is 12.5. The number of aliphatic hydroxyl groups is 1. The fraction of sp³-hybridized carbons (Fsp3) is 0. The number of rotatable bonds is 2. The number of nitrogens with zero attached hydrogens (tertiary/aromatic N) is 1. The third kappa shape index (κ3) is 2.33. The first-order valence-corrected chi connectivity index (χ1v) is 6.12. The predicted molar refractivity (Wildman–Crippen MR) is 70.8 cm³/mol. The van der Waals surface area contributed by atoms with Crippen LogP contribution >= 0.6 is 22.9 Å². The Hall–Kier alpha value is -1.76. The van der Waals surface area contributed by atoms with Crippen LogP contribution in [0.2, 0.25) is 5.02 Å². The molecule has 0 bridgehead atoms. The molecule has 0 aliphatic carbocycles. The van der Waals surface area contributed by atoms with E-state index in [4.69, 9.17) is 16.9 Å². The molecule has 0 aliphatic rings. The van der Waals surface area contributed by atoms with Gasteiger partial charge in [-0.2, -0.15) is 5.26 Å². The Morgan fingerprint density at radius 3 is 2.59 bits per heavy atom. The molecule has 84 valence electrons. The molecule has 2 rings (SSSR count). The standard InChI is InChI=1S/C13H8ClNOS/c14-11-5-2-1-4-9(11)13(16)10(8-15)12-6-3-7-17-12/h1-7,16H. The molecule has 4 heteroatoms. The minimum Gasteiger partial charge on any atom is -0.506 e. The summed E-state index contributed by atoms with van der Waals surface area (Å²) in [6.07, 6.45) is 0. The summed E-state index contributed by atoms with van der Waals surface area (Å²) in [6.45, 7) is 0. The lowest BCUT2D eigenvalue weighted by Gasteiger charge is -2.04. The van der Waals surface area contributed by atoms with E-state index >= 15 is 0 Å². The average molecular weight is 262 g/mol. The second kappa shape index (κ2) is 5.05. The van der Waals surface area contributed by atoms with Crippen LogP contribution in [0.1, 0.15) is 10.4 Å². The zero-order valence-corrected chi connectivity index (χ0v) is 10.3. The Morgan fingerprint density at radius 2 is 2.00 bits per heavy atom. The molecule has 0 unspecified atom stereocenters. The highest BCUT2D eigenvalue weighted by Gasteiger charge is 2.13. The van der Waals surface area contributed by atoms with Crippen molar-refractivity contribution in [3.8, 4) is 6.07 Å². The van der Waals surface area contributed by atoms with Crippen molar-refractivity contribution in [2.75, 3.05) is 0 Å². The van der Waals surface area contributed by atoms with Crippen LogP contribution in [0.3, 0.4) is 0 Å². The first kappa shape index (κ1) is 11.7. The van der Waals surface area contributed by atoms with Crippen molar-refractivity contribution in [3.63, 3.8) is 0 Å². The van der Waals surface area contributed by atoms with Crippen molar-refractivity contribution in [2.24, 2.45) is 0 Å². The first-order chi connectivity index (χ1) is 8.24. The highest BCUT2D eigenvalue weighted by atomic mass is 35.5. The van der Waals surface area contributed by atoms with E-state index in [1.807, 2.05) is 17.5 Å². The highest BCUT2D eigenvalue weighted by molar-refractivity contribution is 7.11. The number of benzene rings is 1. The Morgan fingerprint density at radius 1 is 1.24 bits per heavy atom. The van der Waals surface area contributed by atoms with Crippen LogP contribution in [-0.2, 0) is 0 Å². The Kier molecular flexibility index (Phi) is 3.48. The number of hydrogen-bond donors (Lipinski definition) is 1.